The van der Waals surface area contributed by atoms with Crippen LogP contribution in [0.15, 0.2) is 12.2 Å². The van der Waals surface area contributed by atoms with Gasteiger partial charge < -0.3 is 0 Å². The highest BCUT2D eigenvalue weighted by Crippen LogP contribution is 2.26. The summed E-state index contributed by atoms with van der Waals surface area (Å²) in [5.41, 5.74) is 0. The van der Waals surface area contributed by atoms with Crippen LogP contribution in [0.3, 0.4) is 0 Å². The Morgan fingerprint density at radius 1 is 1.00 bits per heavy atom. The number of carbonyl (C=O) groups is 2. The van der Waals surface area contributed by atoms with E-state index >= 15 is 0 Å². The van der Waals surface area contributed by atoms with Crippen molar-refractivity contribution in [3.05, 3.63) is 12.2 Å². The van der Waals surface area contributed by atoms with E-state index in [1.807, 2.05) is 12.2 Å². The van der Waals surface area contributed by atoms with Crippen LogP contribution < -0.4 is 0 Å². The fraction of sp³-hybridized carbons (Fsp3) is 0.600. The van der Waals surface area contributed by atoms with Gasteiger partial charge in [0.25, 0.3) is 0 Å². The van der Waals surface area contributed by atoms with Gasteiger partial charge in [-0.1, -0.05) is 12.2 Å². The first kappa shape index (κ1) is 9.17. The van der Waals surface area contributed by atoms with E-state index in [9.17, 15) is 9.59 Å². The Morgan fingerprint density at radius 3 is 1.58 bits per heavy atom. The van der Waals surface area contributed by atoms with E-state index in [1.165, 1.54) is 0 Å². The lowest BCUT2D eigenvalue weighted by molar-refractivity contribution is -0.130. The van der Waals surface area contributed by atoms with Crippen LogP contribution in [0.4, 0.5) is 0 Å². The number of allylic oxidation sites excluding steroid dienone is 2. The van der Waals surface area contributed by atoms with Crippen LogP contribution in [0.5, 0.6) is 0 Å². The Labute approximate surface area is 72.7 Å². The van der Waals surface area contributed by atoms with E-state index in [2.05, 4.69) is 0 Å². The second kappa shape index (κ2) is 3.65. The van der Waals surface area contributed by atoms with Crippen LogP contribution in [-0.2, 0) is 9.59 Å². The van der Waals surface area contributed by atoms with E-state index in [0.717, 1.165) is 12.8 Å². The molecular formula is C10H14O2. The van der Waals surface area contributed by atoms with Gasteiger partial charge in [-0.15, -0.1) is 0 Å². The monoisotopic (exact) mass is 166 g/mol. The molecule has 0 unspecified atom stereocenters. The van der Waals surface area contributed by atoms with Crippen molar-refractivity contribution >= 4 is 11.6 Å². The van der Waals surface area contributed by atoms with Crippen molar-refractivity contribution in [2.45, 2.75) is 26.7 Å². The van der Waals surface area contributed by atoms with Crippen LogP contribution in [0.25, 0.3) is 0 Å². The predicted octanol–water partition coefficient (Wildman–Crippen LogP) is 1.75. The molecule has 2 nitrogen and oxygen atoms in total. The van der Waals surface area contributed by atoms with E-state index in [0.29, 0.717) is 0 Å². The van der Waals surface area contributed by atoms with E-state index in [-0.39, 0.29) is 23.4 Å². The number of hydrogen-bond donors (Lipinski definition) is 0. The van der Waals surface area contributed by atoms with Crippen molar-refractivity contribution in [3.63, 3.8) is 0 Å². The van der Waals surface area contributed by atoms with Crippen LogP contribution in [0.1, 0.15) is 26.7 Å². The second-order valence-corrected chi connectivity index (χ2v) is 3.38. The molecule has 0 saturated heterocycles. The summed E-state index contributed by atoms with van der Waals surface area (Å²) in [6, 6.07) is 0. The minimum absolute atomic E-state index is 0.0625. The summed E-state index contributed by atoms with van der Waals surface area (Å²) in [4.78, 5) is 22.3. The standard InChI is InChI=1S/C10H14O2/c1-7(11)9-5-3-4-6-10(9)8(2)12/h3-4,9-10H,5-6H2,1-2H3/t9-,10+. The molecule has 0 fully saturated rings. The Morgan fingerprint density at radius 2 is 1.33 bits per heavy atom. The molecule has 1 aliphatic carbocycles. The topological polar surface area (TPSA) is 34.1 Å². The van der Waals surface area contributed by atoms with E-state index in [4.69, 9.17) is 0 Å². The van der Waals surface area contributed by atoms with Crippen LogP contribution in [0, 0.1) is 11.8 Å². The molecule has 12 heavy (non-hydrogen) atoms. The maximum atomic E-state index is 11.1. The van der Waals surface area contributed by atoms with Crippen LogP contribution in [0.2, 0.25) is 0 Å². The minimum Gasteiger partial charge on any atom is -0.300 e. The molecule has 1 rings (SSSR count). The summed E-state index contributed by atoms with van der Waals surface area (Å²) in [5, 5.41) is 0. The molecular weight excluding hydrogens is 152 g/mol. The summed E-state index contributed by atoms with van der Waals surface area (Å²) >= 11 is 0. The number of hydrogen-bond acceptors (Lipinski definition) is 2. The predicted molar refractivity (Wildman–Crippen MR) is 46.7 cm³/mol. The van der Waals surface area contributed by atoms with Crippen molar-refractivity contribution in [3.8, 4) is 0 Å². The molecule has 0 saturated carbocycles. The second-order valence-electron chi connectivity index (χ2n) is 3.38. The Balaban J connectivity index is 2.76. The first-order chi connectivity index (χ1) is 5.63. The van der Waals surface area contributed by atoms with E-state index in [1.54, 1.807) is 13.8 Å². The molecule has 0 spiro atoms. The molecule has 0 aromatic carbocycles. The average Bonchev–Trinajstić information content (AvgIpc) is 2.04. The Kier molecular flexibility index (Phi) is 2.79. The molecule has 0 aromatic rings. The SMILES string of the molecule is CC(=O)[C@H]1CC=CC[C@H]1C(C)=O. The summed E-state index contributed by atoms with van der Waals surface area (Å²) in [6.07, 6.45) is 5.45. The third kappa shape index (κ3) is 1.81. The van der Waals surface area contributed by atoms with Gasteiger partial charge in [-0.2, -0.15) is 0 Å². The molecule has 0 aliphatic heterocycles. The van der Waals surface area contributed by atoms with Gasteiger partial charge in [-0.05, 0) is 26.7 Å². The zero-order valence-corrected chi connectivity index (χ0v) is 7.54. The number of carbonyl (C=O) groups excluding carboxylic acids is 2. The minimum atomic E-state index is -0.0625. The van der Waals surface area contributed by atoms with Crippen molar-refractivity contribution in [2.75, 3.05) is 0 Å². The van der Waals surface area contributed by atoms with Gasteiger partial charge in [-0.25, -0.2) is 0 Å². The number of rotatable bonds is 2. The zero-order valence-electron chi connectivity index (χ0n) is 7.54. The fourth-order valence-corrected chi connectivity index (χ4v) is 1.71. The molecule has 1 aliphatic rings. The molecule has 2 atom stereocenters. The highest BCUT2D eigenvalue weighted by molar-refractivity contribution is 5.88. The van der Waals surface area contributed by atoms with Crippen LogP contribution in [-0.4, -0.2) is 11.6 Å². The largest absolute Gasteiger partial charge is 0.300 e. The lowest BCUT2D eigenvalue weighted by atomic mass is 9.79. The van der Waals surface area contributed by atoms with Gasteiger partial charge in [-0.3, -0.25) is 9.59 Å². The van der Waals surface area contributed by atoms with Gasteiger partial charge >= 0.3 is 0 Å². The molecule has 66 valence electrons. The average molecular weight is 166 g/mol. The van der Waals surface area contributed by atoms with Gasteiger partial charge in [0.05, 0.1) is 0 Å². The molecule has 0 amide bonds. The van der Waals surface area contributed by atoms with Crippen molar-refractivity contribution in [1.82, 2.24) is 0 Å². The lowest BCUT2D eigenvalue weighted by Gasteiger charge is -2.23. The molecule has 2 heteroatoms. The number of ketones is 2. The van der Waals surface area contributed by atoms with Gasteiger partial charge in [0.15, 0.2) is 0 Å². The summed E-state index contributed by atoms with van der Waals surface area (Å²) in [7, 11) is 0. The maximum Gasteiger partial charge on any atom is 0.133 e. The Bertz CT molecular complexity index is 204. The quantitative estimate of drug-likeness (QED) is 0.585. The summed E-state index contributed by atoms with van der Waals surface area (Å²) in [6.45, 7) is 3.14. The highest BCUT2D eigenvalue weighted by Gasteiger charge is 2.29. The normalized spacial score (nSPS) is 28.5. The molecule has 0 heterocycles. The molecule has 0 radical (unpaired) electrons. The van der Waals surface area contributed by atoms with Gasteiger partial charge in [0.1, 0.15) is 11.6 Å². The Hall–Kier alpha value is -0.920. The lowest BCUT2D eigenvalue weighted by Crippen LogP contribution is -2.28. The van der Waals surface area contributed by atoms with Crippen molar-refractivity contribution < 1.29 is 9.59 Å². The van der Waals surface area contributed by atoms with Crippen molar-refractivity contribution in [1.29, 1.82) is 0 Å². The maximum absolute atomic E-state index is 11.1. The van der Waals surface area contributed by atoms with Gasteiger partial charge in [0, 0.05) is 11.8 Å². The number of Topliss-reactive ketones (excluding diaryl/α,β-unsaturated/α-hetero) is 2. The van der Waals surface area contributed by atoms with Gasteiger partial charge in [0.2, 0.25) is 0 Å². The first-order valence-electron chi connectivity index (χ1n) is 4.29. The molecule has 0 aromatic heterocycles. The molecule has 0 N–H and O–H groups in total. The van der Waals surface area contributed by atoms with Crippen molar-refractivity contribution in [2.24, 2.45) is 11.8 Å². The third-order valence-corrected chi connectivity index (χ3v) is 2.48. The highest BCUT2D eigenvalue weighted by atomic mass is 16.1. The fourth-order valence-electron chi connectivity index (χ4n) is 1.71. The molecule has 0 bridgehead atoms. The third-order valence-electron chi connectivity index (χ3n) is 2.48. The zero-order chi connectivity index (χ0) is 9.14. The summed E-state index contributed by atoms with van der Waals surface area (Å²) in [5.74, 6) is 0.152. The van der Waals surface area contributed by atoms with Crippen LogP contribution >= 0.6 is 0 Å². The van der Waals surface area contributed by atoms with E-state index < -0.39 is 0 Å². The summed E-state index contributed by atoms with van der Waals surface area (Å²) < 4.78 is 0. The first-order valence-corrected chi connectivity index (χ1v) is 4.29. The smallest absolute Gasteiger partial charge is 0.133 e.